The highest BCUT2D eigenvalue weighted by Crippen LogP contribution is 2.23. The van der Waals surface area contributed by atoms with E-state index in [0.29, 0.717) is 6.04 Å². The first-order chi connectivity index (χ1) is 7.24. The fourth-order valence-electron chi connectivity index (χ4n) is 2.05. The van der Waals surface area contributed by atoms with Crippen LogP contribution in [0.2, 0.25) is 0 Å². The van der Waals surface area contributed by atoms with Crippen LogP contribution in [0, 0.1) is 0 Å². The van der Waals surface area contributed by atoms with E-state index in [2.05, 4.69) is 54.2 Å². The Labute approximate surface area is 90.9 Å². The van der Waals surface area contributed by atoms with Crippen molar-refractivity contribution < 1.29 is 0 Å². The van der Waals surface area contributed by atoms with Gasteiger partial charge in [0, 0.05) is 29.7 Å². The summed E-state index contributed by atoms with van der Waals surface area (Å²) in [4.78, 5) is 0. The molecule has 80 valence electrons. The molecule has 2 rings (SSSR count). The predicted molar refractivity (Wildman–Crippen MR) is 65.1 cm³/mol. The molecule has 0 fully saturated rings. The highest BCUT2D eigenvalue weighted by molar-refractivity contribution is 5.83. The molecule has 0 aliphatic carbocycles. The normalized spacial score (nSPS) is 11.5. The molecule has 1 aromatic heterocycles. The molecule has 2 aromatic rings. The lowest BCUT2D eigenvalue weighted by molar-refractivity contribution is 0.623. The van der Waals surface area contributed by atoms with Gasteiger partial charge in [-0.3, -0.25) is 0 Å². The maximum atomic E-state index is 3.21. The molecular weight excluding hydrogens is 184 g/mol. The minimum Gasteiger partial charge on any atom is -0.345 e. The Morgan fingerprint density at radius 1 is 1.27 bits per heavy atom. The van der Waals surface area contributed by atoms with E-state index in [-0.39, 0.29) is 0 Å². The van der Waals surface area contributed by atoms with Gasteiger partial charge in [0.2, 0.25) is 0 Å². The molecule has 0 aliphatic heterocycles. The number of aromatic nitrogens is 1. The molecule has 0 bridgehead atoms. The number of nitrogens with one attached hydrogen (secondary N) is 1. The maximum absolute atomic E-state index is 3.21. The van der Waals surface area contributed by atoms with E-state index >= 15 is 0 Å². The van der Waals surface area contributed by atoms with E-state index < -0.39 is 0 Å². The van der Waals surface area contributed by atoms with Crippen molar-refractivity contribution in [3.8, 4) is 0 Å². The van der Waals surface area contributed by atoms with Crippen molar-refractivity contribution in [3.05, 3.63) is 36.0 Å². The molecule has 1 N–H and O–H groups in total. The number of hydrogen-bond acceptors (Lipinski definition) is 1. The van der Waals surface area contributed by atoms with Gasteiger partial charge in [0.15, 0.2) is 0 Å². The third kappa shape index (κ3) is 1.77. The Bertz CT molecular complexity index is 455. The van der Waals surface area contributed by atoms with Crippen LogP contribution in [-0.2, 0) is 6.54 Å². The average molecular weight is 202 g/mol. The van der Waals surface area contributed by atoms with Gasteiger partial charge in [-0.25, -0.2) is 0 Å². The zero-order valence-corrected chi connectivity index (χ0v) is 9.62. The van der Waals surface area contributed by atoms with Gasteiger partial charge in [0.1, 0.15) is 0 Å². The van der Waals surface area contributed by atoms with Crippen LogP contribution in [0.5, 0.6) is 0 Å². The highest BCUT2D eigenvalue weighted by atomic mass is 15.0. The molecule has 0 saturated carbocycles. The van der Waals surface area contributed by atoms with Crippen LogP contribution in [0.15, 0.2) is 30.5 Å². The van der Waals surface area contributed by atoms with Crippen LogP contribution in [0.1, 0.15) is 25.5 Å². The Morgan fingerprint density at radius 2 is 2.07 bits per heavy atom. The van der Waals surface area contributed by atoms with Gasteiger partial charge in [-0.2, -0.15) is 0 Å². The maximum Gasteiger partial charge on any atom is 0.0485 e. The summed E-state index contributed by atoms with van der Waals surface area (Å²) in [5.41, 5.74) is 2.70. The first-order valence-corrected chi connectivity index (χ1v) is 5.47. The molecule has 1 aromatic carbocycles. The lowest BCUT2D eigenvalue weighted by Crippen LogP contribution is -2.05. The van der Waals surface area contributed by atoms with Gasteiger partial charge >= 0.3 is 0 Å². The van der Waals surface area contributed by atoms with Crippen LogP contribution in [0.4, 0.5) is 0 Å². The van der Waals surface area contributed by atoms with E-state index in [1.54, 1.807) is 0 Å². The Hall–Kier alpha value is -1.28. The highest BCUT2D eigenvalue weighted by Gasteiger charge is 2.06. The zero-order chi connectivity index (χ0) is 10.8. The van der Waals surface area contributed by atoms with Crippen molar-refractivity contribution in [1.29, 1.82) is 0 Å². The molecular formula is C13H18N2. The Morgan fingerprint density at radius 3 is 2.73 bits per heavy atom. The molecule has 2 nitrogen and oxygen atoms in total. The number of rotatable bonds is 3. The predicted octanol–water partition coefficient (Wildman–Crippen LogP) is 2.94. The lowest BCUT2D eigenvalue weighted by Gasteiger charge is -2.10. The smallest absolute Gasteiger partial charge is 0.0485 e. The Balaban J connectivity index is 2.58. The molecule has 0 spiro atoms. The minimum absolute atomic E-state index is 0.521. The summed E-state index contributed by atoms with van der Waals surface area (Å²) in [7, 11) is 1.98. The monoisotopic (exact) mass is 202 g/mol. The Kier molecular flexibility index (Phi) is 2.78. The minimum atomic E-state index is 0.521. The van der Waals surface area contributed by atoms with Crippen LogP contribution < -0.4 is 5.32 Å². The van der Waals surface area contributed by atoms with Crippen molar-refractivity contribution in [2.75, 3.05) is 7.05 Å². The first-order valence-electron chi connectivity index (χ1n) is 5.47. The van der Waals surface area contributed by atoms with Crippen molar-refractivity contribution in [3.63, 3.8) is 0 Å². The number of hydrogen-bond donors (Lipinski definition) is 1. The molecule has 1 heterocycles. The average Bonchev–Trinajstić information content (AvgIpc) is 2.62. The van der Waals surface area contributed by atoms with E-state index in [1.807, 2.05) is 7.05 Å². The summed E-state index contributed by atoms with van der Waals surface area (Å²) in [6.45, 7) is 5.35. The summed E-state index contributed by atoms with van der Waals surface area (Å²) in [6, 6.07) is 9.24. The summed E-state index contributed by atoms with van der Waals surface area (Å²) in [5, 5.41) is 4.57. The topological polar surface area (TPSA) is 17.0 Å². The fourth-order valence-corrected chi connectivity index (χ4v) is 2.05. The number of nitrogens with zero attached hydrogens (tertiary/aromatic N) is 1. The molecule has 0 amide bonds. The molecule has 0 aliphatic rings. The summed E-state index contributed by atoms with van der Waals surface area (Å²) >= 11 is 0. The van der Waals surface area contributed by atoms with Crippen molar-refractivity contribution >= 4 is 10.9 Å². The zero-order valence-electron chi connectivity index (χ0n) is 9.62. The quantitative estimate of drug-likeness (QED) is 0.809. The van der Waals surface area contributed by atoms with Gasteiger partial charge in [-0.05, 0) is 38.6 Å². The first kappa shape index (κ1) is 10.2. The van der Waals surface area contributed by atoms with Crippen LogP contribution in [-0.4, -0.2) is 11.6 Å². The molecule has 0 radical (unpaired) electrons. The van der Waals surface area contributed by atoms with E-state index in [4.69, 9.17) is 0 Å². The molecule has 2 heteroatoms. The SMILES string of the molecule is CNCc1cccc2c1ccn2C(C)C. The van der Waals surface area contributed by atoms with Crippen molar-refractivity contribution in [1.82, 2.24) is 9.88 Å². The van der Waals surface area contributed by atoms with Gasteiger partial charge in [-0.1, -0.05) is 12.1 Å². The second-order valence-corrected chi connectivity index (χ2v) is 4.20. The largest absolute Gasteiger partial charge is 0.345 e. The number of benzene rings is 1. The van der Waals surface area contributed by atoms with E-state index in [1.165, 1.54) is 16.5 Å². The van der Waals surface area contributed by atoms with Gasteiger partial charge in [-0.15, -0.1) is 0 Å². The standard InChI is InChI=1S/C13H18N2/c1-10(2)15-8-7-12-11(9-14-3)5-4-6-13(12)15/h4-8,10,14H,9H2,1-3H3. The summed E-state index contributed by atoms with van der Waals surface area (Å²) in [5.74, 6) is 0. The van der Waals surface area contributed by atoms with E-state index in [0.717, 1.165) is 6.54 Å². The van der Waals surface area contributed by atoms with Crippen molar-refractivity contribution in [2.45, 2.75) is 26.4 Å². The second-order valence-electron chi connectivity index (χ2n) is 4.20. The van der Waals surface area contributed by atoms with Crippen LogP contribution in [0.3, 0.4) is 0 Å². The molecule has 0 unspecified atom stereocenters. The number of fused-ring (bicyclic) bond motifs is 1. The van der Waals surface area contributed by atoms with Crippen LogP contribution in [0.25, 0.3) is 10.9 Å². The lowest BCUT2D eigenvalue weighted by atomic mass is 10.1. The summed E-state index contributed by atoms with van der Waals surface area (Å²) in [6.07, 6.45) is 2.18. The van der Waals surface area contributed by atoms with Gasteiger partial charge in [0.05, 0.1) is 0 Å². The van der Waals surface area contributed by atoms with Gasteiger partial charge in [0.25, 0.3) is 0 Å². The van der Waals surface area contributed by atoms with Crippen molar-refractivity contribution in [2.24, 2.45) is 0 Å². The van der Waals surface area contributed by atoms with E-state index in [9.17, 15) is 0 Å². The second kappa shape index (κ2) is 4.07. The molecule has 0 atom stereocenters. The van der Waals surface area contributed by atoms with Crippen LogP contribution >= 0.6 is 0 Å². The molecule has 0 saturated heterocycles. The fraction of sp³-hybridized carbons (Fsp3) is 0.385. The molecule has 15 heavy (non-hydrogen) atoms. The third-order valence-corrected chi connectivity index (χ3v) is 2.78. The third-order valence-electron chi connectivity index (χ3n) is 2.78. The van der Waals surface area contributed by atoms with Gasteiger partial charge < -0.3 is 9.88 Å². The summed E-state index contributed by atoms with van der Waals surface area (Å²) < 4.78 is 2.31.